The van der Waals surface area contributed by atoms with Crippen molar-refractivity contribution in [3.05, 3.63) is 18.2 Å². The first-order chi connectivity index (χ1) is 9.11. The number of hydrogen-bond acceptors (Lipinski definition) is 5. The van der Waals surface area contributed by atoms with Crippen LogP contribution in [0.2, 0.25) is 0 Å². The van der Waals surface area contributed by atoms with Crippen LogP contribution >= 0.6 is 0 Å². The van der Waals surface area contributed by atoms with Crippen LogP contribution in [0.5, 0.6) is 0 Å². The van der Waals surface area contributed by atoms with Gasteiger partial charge >= 0.3 is 0 Å². The molecule has 1 aromatic carbocycles. The van der Waals surface area contributed by atoms with Gasteiger partial charge in [0.25, 0.3) is 0 Å². The Bertz CT molecular complexity index is 726. The quantitative estimate of drug-likeness (QED) is 0.774. The van der Waals surface area contributed by atoms with Gasteiger partial charge in [0.15, 0.2) is 9.84 Å². The monoisotopic (exact) mass is 318 g/mol. The van der Waals surface area contributed by atoms with Crippen LogP contribution in [0.1, 0.15) is 13.3 Å². The van der Waals surface area contributed by atoms with Crippen molar-refractivity contribution in [3.8, 4) is 0 Å². The van der Waals surface area contributed by atoms with Crippen molar-refractivity contribution in [1.29, 1.82) is 0 Å². The Morgan fingerprint density at radius 1 is 1.30 bits per heavy atom. The fourth-order valence-corrected chi connectivity index (χ4v) is 3.93. The molecule has 1 aliphatic rings. The van der Waals surface area contributed by atoms with E-state index in [9.17, 15) is 16.8 Å². The van der Waals surface area contributed by atoms with Gasteiger partial charge in [0.2, 0.25) is 10.0 Å². The number of anilines is 1. The van der Waals surface area contributed by atoms with Crippen LogP contribution in [0.4, 0.5) is 5.69 Å². The van der Waals surface area contributed by atoms with E-state index in [0.29, 0.717) is 18.4 Å². The zero-order chi connectivity index (χ0) is 15.1. The van der Waals surface area contributed by atoms with Gasteiger partial charge in [0, 0.05) is 12.8 Å². The van der Waals surface area contributed by atoms with Crippen molar-refractivity contribution in [2.24, 2.45) is 11.8 Å². The van der Waals surface area contributed by atoms with Crippen molar-refractivity contribution in [1.82, 2.24) is 4.72 Å². The lowest BCUT2D eigenvalue weighted by Crippen LogP contribution is -2.27. The molecule has 1 aliphatic carbocycles. The van der Waals surface area contributed by atoms with E-state index in [-0.39, 0.29) is 15.5 Å². The van der Waals surface area contributed by atoms with E-state index in [1.165, 1.54) is 12.1 Å². The summed E-state index contributed by atoms with van der Waals surface area (Å²) in [7, 11) is -7.27. The maximum atomic E-state index is 12.2. The van der Waals surface area contributed by atoms with Crippen molar-refractivity contribution in [3.63, 3.8) is 0 Å². The number of nitrogens with two attached hydrogens (primary N) is 1. The van der Waals surface area contributed by atoms with Gasteiger partial charge in [0.05, 0.1) is 10.6 Å². The predicted octanol–water partition coefficient (Wildman–Crippen LogP) is 0.607. The highest BCUT2D eigenvalue weighted by Gasteiger charge is 2.33. The maximum Gasteiger partial charge on any atom is 0.242 e. The van der Waals surface area contributed by atoms with E-state index < -0.39 is 19.9 Å². The van der Waals surface area contributed by atoms with Gasteiger partial charge in [-0.05, 0) is 36.5 Å². The van der Waals surface area contributed by atoms with Crippen LogP contribution in [0, 0.1) is 11.8 Å². The molecule has 1 fully saturated rings. The summed E-state index contributed by atoms with van der Waals surface area (Å²) in [6.07, 6.45) is 2.02. The summed E-state index contributed by atoms with van der Waals surface area (Å²) in [5.41, 5.74) is 5.69. The van der Waals surface area contributed by atoms with E-state index >= 15 is 0 Å². The molecule has 2 atom stereocenters. The average molecular weight is 318 g/mol. The second kappa shape index (κ2) is 5.01. The Morgan fingerprint density at radius 3 is 2.40 bits per heavy atom. The molecule has 112 valence electrons. The molecule has 20 heavy (non-hydrogen) atoms. The fourth-order valence-electron chi connectivity index (χ4n) is 1.96. The Kier molecular flexibility index (Phi) is 3.83. The van der Waals surface area contributed by atoms with Crippen LogP contribution in [0.3, 0.4) is 0 Å². The third-order valence-electron chi connectivity index (χ3n) is 3.51. The SMILES string of the molecule is CC1CC1CNS(=O)(=O)c1cc(S(C)(=O)=O)ccc1N. The smallest absolute Gasteiger partial charge is 0.242 e. The molecule has 0 radical (unpaired) electrons. The first kappa shape index (κ1) is 15.3. The molecule has 0 amide bonds. The molecule has 0 aliphatic heterocycles. The van der Waals surface area contributed by atoms with Gasteiger partial charge in [-0.1, -0.05) is 6.92 Å². The Morgan fingerprint density at radius 2 is 1.90 bits per heavy atom. The van der Waals surface area contributed by atoms with Gasteiger partial charge in [-0.3, -0.25) is 0 Å². The molecular weight excluding hydrogens is 300 g/mol. The molecule has 0 aromatic heterocycles. The highest BCUT2D eigenvalue weighted by Crippen LogP contribution is 2.37. The zero-order valence-corrected chi connectivity index (χ0v) is 13.0. The summed E-state index contributed by atoms with van der Waals surface area (Å²) in [5.74, 6) is 0.876. The summed E-state index contributed by atoms with van der Waals surface area (Å²) >= 11 is 0. The van der Waals surface area contributed by atoms with Gasteiger partial charge in [-0.15, -0.1) is 0 Å². The van der Waals surface area contributed by atoms with Crippen LogP contribution in [-0.2, 0) is 19.9 Å². The van der Waals surface area contributed by atoms with Crippen LogP contribution in [-0.4, -0.2) is 29.6 Å². The topological polar surface area (TPSA) is 106 Å². The van der Waals surface area contributed by atoms with Gasteiger partial charge in [-0.25, -0.2) is 21.6 Å². The molecule has 1 aromatic rings. The molecule has 0 bridgehead atoms. The zero-order valence-electron chi connectivity index (χ0n) is 11.3. The minimum atomic E-state index is -3.79. The molecule has 3 N–H and O–H groups in total. The summed E-state index contributed by atoms with van der Waals surface area (Å²) in [6, 6.07) is 3.70. The van der Waals surface area contributed by atoms with Gasteiger partial charge in [0.1, 0.15) is 4.90 Å². The number of sulfone groups is 1. The molecule has 0 heterocycles. The minimum Gasteiger partial charge on any atom is -0.398 e. The normalized spacial score (nSPS) is 22.7. The van der Waals surface area contributed by atoms with Crippen molar-refractivity contribution < 1.29 is 16.8 Å². The molecule has 6 nitrogen and oxygen atoms in total. The van der Waals surface area contributed by atoms with Crippen molar-refractivity contribution in [2.75, 3.05) is 18.5 Å². The van der Waals surface area contributed by atoms with Gasteiger partial charge < -0.3 is 5.73 Å². The summed E-state index contributed by atoms with van der Waals surface area (Å²) in [4.78, 5) is -0.249. The number of rotatable bonds is 5. The van der Waals surface area contributed by atoms with E-state index in [0.717, 1.165) is 18.7 Å². The highest BCUT2D eigenvalue weighted by molar-refractivity contribution is 7.91. The summed E-state index contributed by atoms with van der Waals surface area (Å²) < 4.78 is 49.8. The third-order valence-corrected chi connectivity index (χ3v) is 6.10. The minimum absolute atomic E-state index is 0.0359. The third kappa shape index (κ3) is 3.31. The second-order valence-electron chi connectivity index (χ2n) is 5.30. The van der Waals surface area contributed by atoms with E-state index in [2.05, 4.69) is 11.6 Å². The number of benzene rings is 1. The molecule has 0 saturated heterocycles. The first-order valence-electron chi connectivity index (χ1n) is 6.20. The van der Waals surface area contributed by atoms with E-state index in [4.69, 9.17) is 5.73 Å². The number of nitrogens with one attached hydrogen (secondary N) is 1. The molecule has 8 heteroatoms. The Labute approximate surface area is 119 Å². The lowest BCUT2D eigenvalue weighted by molar-refractivity contribution is 0.574. The Balaban J connectivity index is 2.30. The number of sulfonamides is 1. The lowest BCUT2D eigenvalue weighted by Gasteiger charge is -2.10. The largest absolute Gasteiger partial charge is 0.398 e. The Hall–Kier alpha value is -1.12. The molecule has 0 spiro atoms. The van der Waals surface area contributed by atoms with Crippen LogP contribution in [0.25, 0.3) is 0 Å². The molecule has 2 unspecified atom stereocenters. The van der Waals surface area contributed by atoms with Crippen LogP contribution < -0.4 is 10.5 Å². The van der Waals surface area contributed by atoms with Crippen molar-refractivity contribution >= 4 is 25.5 Å². The first-order valence-corrected chi connectivity index (χ1v) is 9.58. The second-order valence-corrected chi connectivity index (χ2v) is 9.05. The van der Waals surface area contributed by atoms with Crippen LogP contribution in [0.15, 0.2) is 28.0 Å². The summed E-state index contributed by atoms with van der Waals surface area (Å²) in [5, 5.41) is 0. The number of hydrogen-bond donors (Lipinski definition) is 2. The van der Waals surface area contributed by atoms with E-state index in [1.807, 2.05) is 0 Å². The maximum absolute atomic E-state index is 12.2. The average Bonchev–Trinajstić information content (AvgIpc) is 3.02. The van der Waals surface area contributed by atoms with Crippen molar-refractivity contribution in [2.45, 2.75) is 23.1 Å². The number of nitrogen functional groups attached to an aromatic ring is 1. The standard InChI is InChI=1S/C12H18N2O4S2/c1-8-5-9(8)7-14-20(17,18)12-6-10(19(2,15)16)3-4-11(12)13/h3-4,6,8-9,14H,5,7,13H2,1-2H3. The summed E-state index contributed by atoms with van der Waals surface area (Å²) in [6.45, 7) is 2.41. The molecule has 1 saturated carbocycles. The molecular formula is C12H18N2O4S2. The lowest BCUT2D eigenvalue weighted by atomic mass is 10.3. The predicted molar refractivity (Wildman–Crippen MR) is 76.4 cm³/mol. The fraction of sp³-hybridized carbons (Fsp3) is 0.500. The van der Waals surface area contributed by atoms with E-state index in [1.54, 1.807) is 0 Å². The highest BCUT2D eigenvalue weighted by atomic mass is 32.2. The molecule has 2 rings (SSSR count). The van der Waals surface area contributed by atoms with Gasteiger partial charge in [-0.2, -0.15) is 0 Å².